The third-order valence-corrected chi connectivity index (χ3v) is 1.98. The minimum absolute atomic E-state index is 0. The van der Waals surface area contributed by atoms with Gasteiger partial charge in [0.1, 0.15) is 0 Å². The van der Waals surface area contributed by atoms with Crippen LogP contribution in [0.1, 0.15) is 53.5 Å². The molecule has 0 saturated heterocycles. The Morgan fingerprint density at radius 3 is 1.80 bits per heavy atom. The fourth-order valence-electron chi connectivity index (χ4n) is 1.02. The number of rotatable bonds is 2. The maximum absolute atomic E-state index is 3.25. The molecular formula is C14H27Y-. The minimum Gasteiger partial charge on any atom is -0.346 e. The van der Waals surface area contributed by atoms with Crippen molar-refractivity contribution in [3.05, 3.63) is 42.8 Å². The zero-order valence-corrected chi connectivity index (χ0v) is 11.8. The maximum atomic E-state index is 3.25. The van der Waals surface area contributed by atoms with Gasteiger partial charge in [-0.05, 0) is 17.9 Å². The Balaban J connectivity index is -0.000000114. The van der Waals surface area contributed by atoms with E-state index in [1.807, 2.05) is 0 Å². The Morgan fingerprint density at radius 1 is 1.07 bits per heavy atom. The van der Waals surface area contributed by atoms with Gasteiger partial charge in [-0.1, -0.05) is 59.0 Å². The number of hydrogen-bond acceptors (Lipinski definition) is 0. The van der Waals surface area contributed by atoms with Crippen LogP contribution in [0.25, 0.3) is 0 Å². The molecule has 1 rings (SSSR count). The fourth-order valence-corrected chi connectivity index (χ4v) is 1.02. The Hall–Kier alpha value is 0.324. The smallest absolute Gasteiger partial charge is 0 e. The van der Waals surface area contributed by atoms with Crippen molar-refractivity contribution in [3.8, 4) is 0 Å². The molecule has 1 aromatic carbocycles. The Labute approximate surface area is 123 Å². The van der Waals surface area contributed by atoms with E-state index in [-0.39, 0.29) is 47.6 Å². The van der Waals surface area contributed by atoms with Gasteiger partial charge >= 0.3 is 0 Å². The Bertz CT molecular complexity index is 182. The molecule has 0 amide bonds. The summed E-state index contributed by atoms with van der Waals surface area (Å²) in [7, 11) is 0. The molecule has 0 saturated carbocycles. The largest absolute Gasteiger partial charge is 0.346 e. The van der Waals surface area contributed by atoms with Crippen molar-refractivity contribution in [1.29, 1.82) is 0 Å². The summed E-state index contributed by atoms with van der Waals surface area (Å²) in [4.78, 5) is 0. The van der Waals surface area contributed by atoms with Crippen molar-refractivity contribution in [2.45, 2.75) is 48.0 Å². The zero-order chi connectivity index (χ0) is 9.40. The molecule has 87 valence electrons. The van der Waals surface area contributed by atoms with Gasteiger partial charge in [0.15, 0.2) is 0 Å². The molecule has 0 N–H and O–H groups in total. The number of benzene rings is 1. The summed E-state index contributed by atoms with van der Waals surface area (Å²) in [6.07, 6.45) is 1.23. The van der Waals surface area contributed by atoms with Gasteiger partial charge in [-0.3, -0.25) is 0 Å². The normalized spacial score (nSPS) is 9.07. The van der Waals surface area contributed by atoms with E-state index in [2.05, 4.69) is 51.1 Å². The first-order valence-corrected chi connectivity index (χ1v) is 4.60. The van der Waals surface area contributed by atoms with Crippen LogP contribution >= 0.6 is 0 Å². The van der Waals surface area contributed by atoms with E-state index >= 15 is 0 Å². The van der Waals surface area contributed by atoms with E-state index in [0.717, 1.165) is 0 Å². The topological polar surface area (TPSA) is 0 Å². The van der Waals surface area contributed by atoms with Gasteiger partial charge in [0.2, 0.25) is 0 Å². The molecule has 0 nitrogen and oxygen atoms in total. The molecule has 15 heavy (non-hydrogen) atoms. The first-order chi connectivity index (χ1) is 5.84. The van der Waals surface area contributed by atoms with E-state index in [9.17, 15) is 0 Å². The predicted octanol–water partition coefficient (Wildman–Crippen LogP) is 5.31. The molecule has 0 heterocycles. The van der Waals surface area contributed by atoms with E-state index < -0.39 is 0 Å². The van der Waals surface area contributed by atoms with Crippen LogP contribution in [0.5, 0.6) is 0 Å². The van der Waals surface area contributed by atoms with Crippen LogP contribution in [0, 0.1) is 6.92 Å². The van der Waals surface area contributed by atoms with E-state index in [0.29, 0.717) is 5.92 Å². The van der Waals surface area contributed by atoms with Crippen LogP contribution in [0.3, 0.4) is 0 Å². The van der Waals surface area contributed by atoms with Crippen LogP contribution in [-0.4, -0.2) is 0 Å². The van der Waals surface area contributed by atoms with Crippen molar-refractivity contribution in [3.63, 3.8) is 0 Å². The molecule has 0 spiro atoms. The summed E-state index contributed by atoms with van der Waals surface area (Å²) in [5.41, 5.74) is 1.45. The maximum Gasteiger partial charge on any atom is 0 e. The van der Waals surface area contributed by atoms with Gasteiger partial charge in [-0.2, -0.15) is 6.92 Å². The third-order valence-electron chi connectivity index (χ3n) is 1.98. The van der Waals surface area contributed by atoms with Crippen LogP contribution in [0.15, 0.2) is 30.3 Å². The van der Waals surface area contributed by atoms with Gasteiger partial charge in [0.25, 0.3) is 0 Å². The minimum atomic E-state index is 0. The fraction of sp³-hybridized carbons (Fsp3) is 0.500. The Kier molecular flexibility index (Phi) is 27.4. The SMILES string of the molecule is C.C.CCC(C)c1ccccc1.[CH2-]C.[Y]. The second-order valence-corrected chi connectivity index (χ2v) is 2.72. The Morgan fingerprint density at radius 2 is 1.47 bits per heavy atom. The zero-order valence-electron chi connectivity index (χ0n) is 8.96. The third kappa shape index (κ3) is 10.6. The summed E-state index contributed by atoms with van der Waals surface area (Å²) in [5.74, 6) is 0.709. The molecule has 1 unspecified atom stereocenters. The van der Waals surface area contributed by atoms with Gasteiger partial charge in [-0.25, -0.2) is 0 Å². The molecule has 0 aliphatic rings. The first kappa shape index (κ1) is 24.5. The monoisotopic (exact) mass is 284 g/mol. The predicted molar refractivity (Wildman–Crippen MR) is 69.6 cm³/mol. The van der Waals surface area contributed by atoms with Gasteiger partial charge in [0, 0.05) is 32.7 Å². The molecule has 0 fully saturated rings. The van der Waals surface area contributed by atoms with E-state index in [1.165, 1.54) is 12.0 Å². The summed E-state index contributed by atoms with van der Waals surface area (Å²) >= 11 is 0. The molecule has 0 bridgehead atoms. The molecule has 0 aliphatic carbocycles. The van der Waals surface area contributed by atoms with Gasteiger partial charge in [0.05, 0.1) is 0 Å². The van der Waals surface area contributed by atoms with E-state index in [4.69, 9.17) is 0 Å². The average Bonchev–Trinajstić information content (AvgIpc) is 2.21. The van der Waals surface area contributed by atoms with Crippen molar-refractivity contribution in [1.82, 2.24) is 0 Å². The molecule has 1 atom stereocenters. The van der Waals surface area contributed by atoms with Crippen LogP contribution in [-0.2, 0) is 32.7 Å². The van der Waals surface area contributed by atoms with Crippen molar-refractivity contribution >= 4 is 0 Å². The molecule has 0 aromatic heterocycles. The number of hydrogen-bond donors (Lipinski definition) is 0. The van der Waals surface area contributed by atoms with Crippen molar-refractivity contribution in [2.75, 3.05) is 0 Å². The van der Waals surface area contributed by atoms with Gasteiger partial charge in [-0.15, -0.1) is 0 Å². The summed E-state index contributed by atoms with van der Waals surface area (Å²) in [6.45, 7) is 9.48. The molecule has 1 aromatic rings. The summed E-state index contributed by atoms with van der Waals surface area (Å²) in [5, 5.41) is 0. The molecular weight excluding hydrogens is 257 g/mol. The quantitative estimate of drug-likeness (QED) is 0.645. The van der Waals surface area contributed by atoms with Gasteiger partial charge < -0.3 is 6.92 Å². The standard InChI is InChI=1S/C10H14.C2H5.2CH4.Y/c1-3-9(2)10-7-5-4-6-8-10;1-2;;;/h4-9H,3H2,1-2H3;1H2,2H3;2*1H4;/q;-1;;;. The molecule has 1 radical (unpaired) electrons. The second-order valence-electron chi connectivity index (χ2n) is 2.72. The summed E-state index contributed by atoms with van der Waals surface area (Å²) < 4.78 is 0. The van der Waals surface area contributed by atoms with E-state index in [1.54, 1.807) is 6.92 Å². The van der Waals surface area contributed by atoms with Crippen molar-refractivity contribution in [2.24, 2.45) is 0 Å². The molecule has 1 heteroatoms. The van der Waals surface area contributed by atoms with Crippen LogP contribution in [0.4, 0.5) is 0 Å². The second kappa shape index (κ2) is 16.7. The van der Waals surface area contributed by atoms with Crippen molar-refractivity contribution < 1.29 is 32.7 Å². The van der Waals surface area contributed by atoms with Crippen LogP contribution in [0.2, 0.25) is 0 Å². The first-order valence-electron chi connectivity index (χ1n) is 4.60. The summed E-state index contributed by atoms with van der Waals surface area (Å²) in [6, 6.07) is 10.6. The van der Waals surface area contributed by atoms with Crippen LogP contribution < -0.4 is 0 Å². The molecule has 0 aliphatic heterocycles. The average molecular weight is 284 g/mol.